The number of hydrogen-bond acceptors (Lipinski definition) is 2. The summed E-state index contributed by atoms with van der Waals surface area (Å²) >= 11 is 0. The second kappa shape index (κ2) is 9.36. The van der Waals surface area contributed by atoms with Gasteiger partial charge in [-0.2, -0.15) is 0 Å². The summed E-state index contributed by atoms with van der Waals surface area (Å²) in [5.41, 5.74) is 0.195. The topological polar surface area (TPSA) is 45.7 Å². The Labute approximate surface area is 153 Å². The van der Waals surface area contributed by atoms with Crippen molar-refractivity contribution in [2.45, 2.75) is 31.8 Å². The van der Waals surface area contributed by atoms with Crippen molar-refractivity contribution in [1.29, 1.82) is 0 Å². The highest BCUT2D eigenvalue weighted by Gasteiger charge is 2.29. The molecule has 1 aromatic rings. The van der Waals surface area contributed by atoms with Gasteiger partial charge in [-0.3, -0.25) is 4.99 Å². The second-order valence-corrected chi connectivity index (χ2v) is 5.72. The van der Waals surface area contributed by atoms with Crippen molar-refractivity contribution in [3.63, 3.8) is 0 Å². The van der Waals surface area contributed by atoms with Crippen molar-refractivity contribution >= 4 is 29.9 Å². The molecular weight excluding hydrogens is 415 g/mol. The van der Waals surface area contributed by atoms with E-state index >= 15 is 0 Å². The summed E-state index contributed by atoms with van der Waals surface area (Å²) in [6.07, 6.45) is 2.48. The largest absolute Gasteiger partial charge is 0.373 e. The predicted molar refractivity (Wildman–Crippen MR) is 98.4 cm³/mol. The molecule has 0 bridgehead atoms. The van der Waals surface area contributed by atoms with Crippen LogP contribution in [0.1, 0.15) is 25.3 Å². The van der Waals surface area contributed by atoms with Gasteiger partial charge in [0.15, 0.2) is 17.6 Å². The highest BCUT2D eigenvalue weighted by Crippen LogP contribution is 2.23. The first-order valence-electron chi connectivity index (χ1n) is 7.55. The van der Waals surface area contributed by atoms with E-state index in [2.05, 4.69) is 22.5 Å². The van der Waals surface area contributed by atoms with E-state index in [0.717, 1.165) is 25.5 Å². The lowest BCUT2D eigenvalue weighted by atomic mass is 10.0. The zero-order valence-electron chi connectivity index (χ0n) is 13.5. The molecule has 1 unspecified atom stereocenters. The van der Waals surface area contributed by atoms with Crippen LogP contribution in [0.3, 0.4) is 0 Å². The zero-order chi connectivity index (χ0) is 16.0. The molecule has 1 aliphatic rings. The molecular formula is C16H24F2IN3O. The van der Waals surface area contributed by atoms with Crippen molar-refractivity contribution in [2.75, 3.05) is 26.7 Å². The standard InChI is InChI=1S/C16H23F2N3O.HI/c1-16(8-4-10-22-16)11-21-15(19-2)20-9-7-12-5-3-6-13(17)14(12)18;/h3,5-6H,4,7-11H2,1-2H3,(H2,19,20,21);1H. The lowest BCUT2D eigenvalue weighted by Gasteiger charge is -2.24. The maximum atomic E-state index is 13.5. The van der Waals surface area contributed by atoms with Gasteiger partial charge in [-0.15, -0.1) is 24.0 Å². The normalized spacial score (nSPS) is 21.0. The van der Waals surface area contributed by atoms with Gasteiger partial charge in [0.25, 0.3) is 0 Å². The van der Waals surface area contributed by atoms with Crippen LogP contribution in [0.2, 0.25) is 0 Å². The fraction of sp³-hybridized carbons (Fsp3) is 0.562. The fourth-order valence-corrected chi connectivity index (χ4v) is 2.52. The number of rotatable bonds is 5. The van der Waals surface area contributed by atoms with E-state index in [1.807, 2.05) is 0 Å². The van der Waals surface area contributed by atoms with Gasteiger partial charge in [0.1, 0.15) is 0 Å². The van der Waals surface area contributed by atoms with Crippen LogP contribution in [0.25, 0.3) is 0 Å². The van der Waals surface area contributed by atoms with Crippen LogP contribution in [0.5, 0.6) is 0 Å². The number of benzene rings is 1. The van der Waals surface area contributed by atoms with Crippen LogP contribution in [0, 0.1) is 11.6 Å². The molecule has 0 saturated carbocycles. The minimum atomic E-state index is -0.814. The minimum absolute atomic E-state index is 0. The fourth-order valence-electron chi connectivity index (χ4n) is 2.52. The van der Waals surface area contributed by atoms with E-state index in [-0.39, 0.29) is 29.6 Å². The Morgan fingerprint density at radius 2 is 2.13 bits per heavy atom. The Kier molecular flexibility index (Phi) is 8.18. The summed E-state index contributed by atoms with van der Waals surface area (Å²) in [6.45, 7) is 4.00. The van der Waals surface area contributed by atoms with E-state index in [9.17, 15) is 8.78 Å². The maximum Gasteiger partial charge on any atom is 0.191 e. The van der Waals surface area contributed by atoms with Crippen LogP contribution in [0.15, 0.2) is 23.2 Å². The summed E-state index contributed by atoms with van der Waals surface area (Å²) < 4.78 is 32.4. The summed E-state index contributed by atoms with van der Waals surface area (Å²) in [5.74, 6) is -0.959. The number of halogens is 3. The van der Waals surface area contributed by atoms with Crippen LogP contribution in [-0.2, 0) is 11.2 Å². The lowest BCUT2D eigenvalue weighted by molar-refractivity contribution is 0.0243. The molecule has 2 rings (SSSR count). The molecule has 0 aromatic heterocycles. The summed E-state index contributed by atoms with van der Waals surface area (Å²) in [7, 11) is 1.68. The minimum Gasteiger partial charge on any atom is -0.373 e. The highest BCUT2D eigenvalue weighted by molar-refractivity contribution is 14.0. The van der Waals surface area contributed by atoms with Crippen LogP contribution in [-0.4, -0.2) is 38.3 Å². The number of aliphatic imine (C=N–C) groups is 1. The average Bonchev–Trinajstić information content (AvgIpc) is 2.94. The molecule has 0 radical (unpaired) electrons. The Morgan fingerprint density at radius 3 is 2.78 bits per heavy atom. The SMILES string of the molecule is CN=C(NCCc1cccc(F)c1F)NCC1(C)CCCO1.I. The molecule has 0 amide bonds. The zero-order valence-corrected chi connectivity index (χ0v) is 15.8. The van der Waals surface area contributed by atoms with Gasteiger partial charge in [0.2, 0.25) is 0 Å². The molecule has 7 heteroatoms. The highest BCUT2D eigenvalue weighted by atomic mass is 127. The van der Waals surface area contributed by atoms with Crippen LogP contribution < -0.4 is 10.6 Å². The van der Waals surface area contributed by atoms with Crippen molar-refractivity contribution < 1.29 is 13.5 Å². The Balaban J connectivity index is 0.00000264. The monoisotopic (exact) mass is 439 g/mol. The van der Waals surface area contributed by atoms with E-state index in [0.29, 0.717) is 31.0 Å². The van der Waals surface area contributed by atoms with Gasteiger partial charge >= 0.3 is 0 Å². The van der Waals surface area contributed by atoms with Gasteiger partial charge in [-0.1, -0.05) is 12.1 Å². The smallest absolute Gasteiger partial charge is 0.191 e. The number of nitrogens with one attached hydrogen (secondary N) is 2. The maximum absolute atomic E-state index is 13.5. The molecule has 1 aromatic carbocycles. The summed E-state index contributed by atoms with van der Waals surface area (Å²) in [5, 5.41) is 6.31. The second-order valence-electron chi connectivity index (χ2n) is 5.72. The third-order valence-corrected chi connectivity index (χ3v) is 3.87. The van der Waals surface area contributed by atoms with Crippen molar-refractivity contribution in [3.05, 3.63) is 35.4 Å². The molecule has 2 N–H and O–H groups in total. The molecule has 1 atom stereocenters. The molecule has 1 aliphatic heterocycles. The van der Waals surface area contributed by atoms with E-state index in [1.165, 1.54) is 6.07 Å². The molecule has 1 saturated heterocycles. The summed E-state index contributed by atoms with van der Waals surface area (Å²) in [6, 6.07) is 4.22. The van der Waals surface area contributed by atoms with Crippen molar-refractivity contribution in [3.8, 4) is 0 Å². The van der Waals surface area contributed by atoms with Crippen molar-refractivity contribution in [1.82, 2.24) is 10.6 Å². The van der Waals surface area contributed by atoms with E-state index in [1.54, 1.807) is 13.1 Å². The summed E-state index contributed by atoms with van der Waals surface area (Å²) in [4.78, 5) is 4.12. The van der Waals surface area contributed by atoms with Crippen LogP contribution >= 0.6 is 24.0 Å². The Morgan fingerprint density at radius 1 is 1.35 bits per heavy atom. The van der Waals surface area contributed by atoms with Gasteiger partial charge in [-0.05, 0) is 37.8 Å². The third-order valence-electron chi connectivity index (χ3n) is 3.87. The average molecular weight is 439 g/mol. The Bertz CT molecular complexity index is 534. The first kappa shape index (κ1) is 20.1. The van der Waals surface area contributed by atoms with Crippen molar-refractivity contribution in [2.24, 2.45) is 4.99 Å². The molecule has 1 fully saturated rings. The lowest BCUT2D eigenvalue weighted by Crippen LogP contribution is -2.46. The first-order chi connectivity index (χ1) is 10.5. The number of nitrogens with zero attached hydrogens (tertiary/aromatic N) is 1. The molecule has 23 heavy (non-hydrogen) atoms. The molecule has 130 valence electrons. The quantitative estimate of drug-likeness (QED) is 0.422. The first-order valence-corrected chi connectivity index (χ1v) is 7.55. The van der Waals surface area contributed by atoms with Crippen LogP contribution in [0.4, 0.5) is 8.78 Å². The molecule has 0 aliphatic carbocycles. The number of guanidine groups is 1. The predicted octanol–water partition coefficient (Wildman–Crippen LogP) is 2.86. The Hall–Kier alpha value is -0.960. The van der Waals surface area contributed by atoms with Gasteiger partial charge in [0.05, 0.1) is 5.60 Å². The third kappa shape index (κ3) is 5.87. The number of hydrogen-bond donors (Lipinski definition) is 2. The van der Waals surface area contributed by atoms with Gasteiger partial charge in [-0.25, -0.2) is 8.78 Å². The van der Waals surface area contributed by atoms with E-state index < -0.39 is 11.6 Å². The van der Waals surface area contributed by atoms with E-state index in [4.69, 9.17) is 4.74 Å². The molecule has 4 nitrogen and oxygen atoms in total. The van der Waals surface area contributed by atoms with Gasteiger partial charge < -0.3 is 15.4 Å². The molecule has 1 heterocycles. The number of ether oxygens (including phenoxy) is 1. The molecule has 0 spiro atoms. The van der Waals surface area contributed by atoms with Gasteiger partial charge in [0, 0.05) is 26.7 Å².